The number of benzene rings is 1. The molecule has 0 aliphatic rings. The van der Waals surface area contributed by atoms with Crippen molar-refractivity contribution in [2.45, 2.75) is 30.5 Å². The van der Waals surface area contributed by atoms with Crippen LogP contribution in [0, 0.1) is 0 Å². The van der Waals surface area contributed by atoms with Gasteiger partial charge in [0, 0.05) is 16.3 Å². The number of amides is 1. The molecule has 1 heterocycles. The van der Waals surface area contributed by atoms with Crippen LogP contribution in [-0.2, 0) is 11.3 Å². The molecule has 1 aromatic carbocycles. The number of alkyl halides is 3. The maximum Gasteiger partial charge on any atom is 0.406 e. The van der Waals surface area contributed by atoms with Crippen molar-refractivity contribution < 1.29 is 22.4 Å². The first kappa shape index (κ1) is 19.7. The van der Waals surface area contributed by atoms with E-state index >= 15 is 0 Å². The quantitative estimate of drug-likeness (QED) is 0.446. The Kier molecular flexibility index (Phi) is 7.25. The summed E-state index contributed by atoms with van der Waals surface area (Å²) in [6.45, 7) is -1.47. The molecule has 0 saturated carbocycles. The minimum absolute atomic E-state index is 0.0530. The van der Waals surface area contributed by atoms with Gasteiger partial charge >= 0.3 is 6.18 Å². The van der Waals surface area contributed by atoms with Gasteiger partial charge in [-0.2, -0.15) is 13.2 Å². The average Bonchev–Trinajstić information content (AvgIpc) is 3.04. The van der Waals surface area contributed by atoms with Crippen molar-refractivity contribution in [2.75, 3.05) is 12.3 Å². The van der Waals surface area contributed by atoms with E-state index in [4.69, 9.17) is 16.0 Å². The van der Waals surface area contributed by atoms with Gasteiger partial charge in [0.05, 0.1) is 12.8 Å². The Morgan fingerprint density at radius 2 is 1.92 bits per heavy atom. The normalized spacial score (nSPS) is 11.5. The molecule has 2 rings (SSSR count). The van der Waals surface area contributed by atoms with Crippen molar-refractivity contribution in [3.8, 4) is 0 Å². The summed E-state index contributed by atoms with van der Waals surface area (Å²) in [7, 11) is 0. The second kappa shape index (κ2) is 9.20. The van der Waals surface area contributed by atoms with Gasteiger partial charge in [0.15, 0.2) is 0 Å². The zero-order chi connectivity index (χ0) is 18.3. The lowest BCUT2D eigenvalue weighted by molar-refractivity contribution is -0.162. The number of thioether (sulfide) groups is 1. The lowest BCUT2D eigenvalue weighted by atomic mass is 10.2. The van der Waals surface area contributed by atoms with Gasteiger partial charge in [-0.05, 0) is 48.6 Å². The number of carbonyl (C=O) groups excluding carboxylic acids is 1. The first-order valence-corrected chi connectivity index (χ1v) is 8.95. The fourth-order valence-electron chi connectivity index (χ4n) is 2.14. The van der Waals surface area contributed by atoms with Crippen LogP contribution in [0.5, 0.6) is 0 Å². The molecule has 25 heavy (non-hydrogen) atoms. The van der Waals surface area contributed by atoms with Crippen molar-refractivity contribution in [3.63, 3.8) is 0 Å². The van der Waals surface area contributed by atoms with E-state index in [-0.39, 0.29) is 13.0 Å². The molecule has 0 bridgehead atoms. The highest BCUT2D eigenvalue weighted by molar-refractivity contribution is 7.99. The Balaban J connectivity index is 1.82. The predicted octanol–water partition coefficient (Wildman–Crippen LogP) is 5.40. The molecule has 136 valence electrons. The summed E-state index contributed by atoms with van der Waals surface area (Å²) in [4.78, 5) is 13.9. The van der Waals surface area contributed by atoms with Gasteiger partial charge in [0.2, 0.25) is 5.91 Å². The lowest BCUT2D eigenvalue weighted by Gasteiger charge is -2.23. The van der Waals surface area contributed by atoms with E-state index in [1.807, 2.05) is 12.1 Å². The molecular weight excluding hydrogens is 375 g/mol. The van der Waals surface area contributed by atoms with Crippen molar-refractivity contribution in [2.24, 2.45) is 0 Å². The molecule has 0 atom stereocenters. The van der Waals surface area contributed by atoms with Gasteiger partial charge in [-0.1, -0.05) is 11.6 Å². The monoisotopic (exact) mass is 391 g/mol. The van der Waals surface area contributed by atoms with Crippen molar-refractivity contribution in [1.82, 2.24) is 4.90 Å². The Labute approximate surface area is 153 Å². The molecule has 0 aliphatic carbocycles. The highest BCUT2D eigenvalue weighted by Gasteiger charge is 2.33. The molecule has 0 radical (unpaired) electrons. The summed E-state index contributed by atoms with van der Waals surface area (Å²) in [5.41, 5.74) is 0. The first-order valence-electron chi connectivity index (χ1n) is 7.59. The maximum absolute atomic E-state index is 12.7. The van der Waals surface area contributed by atoms with Gasteiger partial charge < -0.3 is 9.32 Å². The number of halogens is 4. The highest BCUT2D eigenvalue weighted by atomic mass is 35.5. The minimum Gasteiger partial charge on any atom is -0.467 e. The van der Waals surface area contributed by atoms with E-state index in [0.717, 1.165) is 9.80 Å². The summed E-state index contributed by atoms with van der Waals surface area (Å²) < 4.78 is 43.1. The van der Waals surface area contributed by atoms with Crippen LogP contribution >= 0.6 is 23.4 Å². The summed E-state index contributed by atoms with van der Waals surface area (Å²) >= 11 is 7.33. The average molecular weight is 392 g/mol. The highest BCUT2D eigenvalue weighted by Crippen LogP contribution is 2.23. The number of hydrogen-bond acceptors (Lipinski definition) is 3. The van der Waals surface area contributed by atoms with Crippen LogP contribution < -0.4 is 0 Å². The van der Waals surface area contributed by atoms with Crippen LogP contribution in [0.15, 0.2) is 52.0 Å². The van der Waals surface area contributed by atoms with Crippen LogP contribution in [-0.4, -0.2) is 29.3 Å². The summed E-state index contributed by atoms with van der Waals surface area (Å²) in [6, 6.07) is 10.4. The van der Waals surface area contributed by atoms with Crippen LogP contribution in [0.3, 0.4) is 0 Å². The fourth-order valence-corrected chi connectivity index (χ4v) is 3.12. The summed E-state index contributed by atoms with van der Waals surface area (Å²) in [6.07, 6.45) is -2.54. The Bertz CT molecular complexity index is 660. The lowest BCUT2D eigenvalue weighted by Crippen LogP contribution is -2.38. The van der Waals surface area contributed by atoms with E-state index in [2.05, 4.69) is 0 Å². The van der Waals surface area contributed by atoms with Gasteiger partial charge in [-0.3, -0.25) is 4.79 Å². The summed E-state index contributed by atoms with van der Waals surface area (Å²) in [5, 5.41) is 0.639. The van der Waals surface area contributed by atoms with E-state index in [1.54, 1.807) is 24.3 Å². The zero-order valence-corrected chi connectivity index (χ0v) is 14.8. The second-order valence-electron chi connectivity index (χ2n) is 5.35. The number of furan rings is 1. The Hall–Kier alpha value is -1.60. The molecule has 8 heteroatoms. The van der Waals surface area contributed by atoms with E-state index in [1.165, 1.54) is 18.0 Å². The van der Waals surface area contributed by atoms with Crippen molar-refractivity contribution in [3.05, 3.63) is 53.4 Å². The van der Waals surface area contributed by atoms with Crippen LogP contribution in [0.2, 0.25) is 5.02 Å². The SMILES string of the molecule is O=C(CCCSc1ccc(Cl)cc1)N(Cc1ccco1)CC(F)(F)F. The second-order valence-corrected chi connectivity index (χ2v) is 6.96. The Morgan fingerprint density at radius 1 is 1.20 bits per heavy atom. The minimum atomic E-state index is -4.44. The molecule has 0 N–H and O–H groups in total. The molecule has 0 unspecified atom stereocenters. The number of nitrogens with zero attached hydrogens (tertiary/aromatic N) is 1. The molecule has 0 aliphatic heterocycles. The van der Waals surface area contributed by atoms with Gasteiger partial charge in [-0.25, -0.2) is 0 Å². The van der Waals surface area contributed by atoms with Gasteiger partial charge in [-0.15, -0.1) is 11.8 Å². The standard InChI is InChI=1S/C17H17ClF3NO2S/c18-13-5-7-15(8-6-13)25-10-2-4-16(23)22(12-17(19,20)21)11-14-3-1-9-24-14/h1,3,5-9H,2,4,10-12H2. The predicted molar refractivity (Wildman–Crippen MR) is 91.6 cm³/mol. The molecule has 1 amide bonds. The molecule has 0 spiro atoms. The van der Waals surface area contributed by atoms with Gasteiger partial charge in [0.25, 0.3) is 0 Å². The Morgan fingerprint density at radius 3 is 2.52 bits per heavy atom. The fraction of sp³-hybridized carbons (Fsp3) is 0.353. The topological polar surface area (TPSA) is 33.5 Å². The number of carbonyl (C=O) groups is 1. The van der Waals surface area contributed by atoms with E-state index in [9.17, 15) is 18.0 Å². The third-order valence-electron chi connectivity index (χ3n) is 3.27. The molecule has 2 aromatic rings. The van der Waals surface area contributed by atoms with Crippen LogP contribution in [0.4, 0.5) is 13.2 Å². The third kappa shape index (κ3) is 7.44. The van der Waals surface area contributed by atoms with Crippen molar-refractivity contribution >= 4 is 29.3 Å². The smallest absolute Gasteiger partial charge is 0.406 e. The molecule has 0 fully saturated rings. The first-order chi connectivity index (χ1) is 11.8. The molecule has 3 nitrogen and oxygen atoms in total. The third-order valence-corrected chi connectivity index (χ3v) is 4.62. The van der Waals surface area contributed by atoms with Gasteiger partial charge in [0.1, 0.15) is 12.3 Å². The largest absolute Gasteiger partial charge is 0.467 e. The number of rotatable bonds is 8. The summed E-state index contributed by atoms with van der Waals surface area (Å²) in [5.74, 6) is 0.423. The number of hydrogen-bond donors (Lipinski definition) is 0. The molecule has 1 aromatic heterocycles. The van der Waals surface area contributed by atoms with Crippen LogP contribution in [0.25, 0.3) is 0 Å². The van der Waals surface area contributed by atoms with Crippen molar-refractivity contribution in [1.29, 1.82) is 0 Å². The molecular formula is C17H17ClF3NO2S. The zero-order valence-electron chi connectivity index (χ0n) is 13.3. The van der Waals surface area contributed by atoms with Crippen LogP contribution in [0.1, 0.15) is 18.6 Å². The van der Waals surface area contributed by atoms with E-state index in [0.29, 0.717) is 23.0 Å². The maximum atomic E-state index is 12.7. The van der Waals surface area contributed by atoms with E-state index < -0.39 is 18.6 Å². The molecule has 0 saturated heterocycles.